The Morgan fingerprint density at radius 1 is 1.06 bits per heavy atom. The third-order valence-corrected chi connectivity index (χ3v) is 10.3. The first-order valence-electron chi connectivity index (χ1n) is 15.2. The van der Waals surface area contributed by atoms with Gasteiger partial charge in [0.25, 0.3) is 0 Å². The molecule has 2 aromatic rings. The van der Waals surface area contributed by atoms with Crippen molar-refractivity contribution in [3.63, 3.8) is 0 Å². The molecule has 23 nitrogen and oxygen atoms in total. The number of aliphatic hydroxyl groups is 2. The number of carbonyl (C=O) groups excluding carboxylic acids is 2. The van der Waals surface area contributed by atoms with Crippen LogP contribution in [-0.4, -0.2) is 124 Å². The Morgan fingerprint density at radius 2 is 1.75 bits per heavy atom. The van der Waals surface area contributed by atoms with Crippen LogP contribution in [0.15, 0.2) is 12.7 Å². The second kappa shape index (κ2) is 18.3. The molecule has 2 amide bonds. The number of hydrogen-bond acceptors (Lipinski definition) is 17. The lowest BCUT2D eigenvalue weighted by Crippen LogP contribution is -2.46. The number of aromatic nitrogens is 4. The van der Waals surface area contributed by atoms with Crippen LogP contribution in [0.1, 0.15) is 39.8 Å². The van der Waals surface area contributed by atoms with Gasteiger partial charge < -0.3 is 50.5 Å². The fourth-order valence-corrected chi connectivity index (χ4v) is 7.43. The van der Waals surface area contributed by atoms with Crippen LogP contribution in [-0.2, 0) is 45.9 Å². The monoisotopic (exact) mass is 809 g/mol. The fraction of sp³-hybridized carbons (Fsp3) is 0.708. The van der Waals surface area contributed by atoms with E-state index in [1.807, 2.05) is 6.92 Å². The Morgan fingerprint density at radius 3 is 2.39 bits per heavy atom. The van der Waals surface area contributed by atoms with Crippen molar-refractivity contribution in [1.29, 1.82) is 0 Å². The SMILES string of the molecule is CCCNc1ncnc2c1ncn2[C@@H]1O[C@H](COP(=O)(O)OP(=O)(O)OCC(C)(C)[C@@H](O)C(=O)NCCC(=O)NCCS)[C@@H](OP(=O)(O)O)[C@H]1O. The van der Waals surface area contributed by atoms with Crippen molar-refractivity contribution in [1.82, 2.24) is 30.2 Å². The lowest BCUT2D eigenvalue weighted by atomic mass is 9.87. The Bertz CT molecular complexity index is 1650. The maximum atomic E-state index is 12.7. The van der Waals surface area contributed by atoms with Crippen LogP contribution in [0.4, 0.5) is 5.82 Å². The van der Waals surface area contributed by atoms with Gasteiger partial charge in [-0.2, -0.15) is 16.9 Å². The topological polar surface area (TPSA) is 333 Å². The summed E-state index contributed by atoms with van der Waals surface area (Å²) >= 11 is 3.96. The summed E-state index contributed by atoms with van der Waals surface area (Å²) in [5, 5.41) is 29.4. The zero-order valence-electron chi connectivity index (χ0n) is 27.5. The highest BCUT2D eigenvalue weighted by Gasteiger charge is 2.50. The Hall–Kier alpha value is -2.11. The molecule has 27 heteroatoms. The summed E-state index contributed by atoms with van der Waals surface area (Å²) in [7, 11) is -16.3. The first-order valence-corrected chi connectivity index (χ1v) is 20.3. The zero-order valence-corrected chi connectivity index (χ0v) is 31.1. The summed E-state index contributed by atoms with van der Waals surface area (Å²) in [6.45, 7) is 3.24. The number of thiol groups is 1. The van der Waals surface area contributed by atoms with Gasteiger partial charge in [-0.25, -0.2) is 28.6 Å². The number of carbonyl (C=O) groups is 2. The minimum atomic E-state index is -5.54. The van der Waals surface area contributed by atoms with Gasteiger partial charge in [0.1, 0.15) is 30.7 Å². The highest BCUT2D eigenvalue weighted by Crippen LogP contribution is 2.61. The molecule has 290 valence electrons. The molecule has 1 aliphatic rings. The Labute approximate surface area is 296 Å². The summed E-state index contributed by atoms with van der Waals surface area (Å²) in [5.41, 5.74) is -1.18. The molecule has 2 aromatic heterocycles. The van der Waals surface area contributed by atoms with Gasteiger partial charge in [-0.05, 0) is 6.42 Å². The molecule has 7 atom stereocenters. The Kier molecular flexibility index (Phi) is 15.5. The predicted molar refractivity (Wildman–Crippen MR) is 178 cm³/mol. The van der Waals surface area contributed by atoms with Gasteiger partial charge in [0.15, 0.2) is 23.2 Å². The maximum absolute atomic E-state index is 12.7. The van der Waals surface area contributed by atoms with E-state index in [0.29, 0.717) is 24.7 Å². The van der Waals surface area contributed by atoms with E-state index in [-0.39, 0.29) is 30.0 Å². The summed E-state index contributed by atoms with van der Waals surface area (Å²) in [6.07, 6.45) is -5.69. The number of phosphoric acid groups is 3. The van der Waals surface area contributed by atoms with Crippen LogP contribution >= 0.6 is 36.1 Å². The van der Waals surface area contributed by atoms with Crippen LogP contribution in [0.5, 0.6) is 0 Å². The van der Waals surface area contributed by atoms with E-state index in [1.54, 1.807) is 0 Å². The number of imidazole rings is 1. The molecular formula is C24H42N7O16P3S. The molecule has 51 heavy (non-hydrogen) atoms. The quantitative estimate of drug-likeness (QED) is 0.0565. The van der Waals surface area contributed by atoms with Crippen molar-refractivity contribution in [3.05, 3.63) is 12.7 Å². The molecule has 0 radical (unpaired) electrons. The number of rotatable bonds is 21. The fourth-order valence-electron chi connectivity index (χ4n) is 4.49. The van der Waals surface area contributed by atoms with Crippen molar-refractivity contribution in [2.24, 2.45) is 5.41 Å². The van der Waals surface area contributed by atoms with E-state index in [9.17, 15) is 53.1 Å². The number of aliphatic hydroxyl groups excluding tert-OH is 2. The predicted octanol–water partition coefficient (Wildman–Crippen LogP) is -0.426. The van der Waals surface area contributed by atoms with Gasteiger partial charge in [0, 0.05) is 37.2 Å². The molecule has 2 unspecified atom stereocenters. The van der Waals surface area contributed by atoms with E-state index < -0.39 is 78.6 Å². The minimum absolute atomic E-state index is 0.0978. The van der Waals surface area contributed by atoms with Crippen LogP contribution in [0.25, 0.3) is 11.2 Å². The van der Waals surface area contributed by atoms with Crippen LogP contribution in [0.3, 0.4) is 0 Å². The zero-order chi connectivity index (χ0) is 38.2. The molecule has 0 aromatic carbocycles. The number of fused-ring (bicyclic) bond motifs is 1. The average Bonchev–Trinajstić information content (AvgIpc) is 3.60. The standard InChI is InChI=1S/C24H42N7O16P3S/c1-4-6-26-20-16-21(29-12-28-20)31(13-30-16)23-17(33)18(46-48(36,37)38)14(45-23)10-43-49(39,40)47-50(41,42)44-11-24(2,3)19(34)22(35)27-7-5-15(32)25-8-9-51/h12-14,17-19,23,33-34,51H,4-11H2,1-3H3,(H,25,32)(H,27,35)(H,39,40)(H,41,42)(H,26,28,29)(H2,36,37,38)/t14-,17-,18-,19+,23-/m1/s1. The molecule has 1 fully saturated rings. The van der Waals surface area contributed by atoms with Crippen molar-refractivity contribution in [2.45, 2.75) is 64.3 Å². The van der Waals surface area contributed by atoms with Gasteiger partial charge in [0.2, 0.25) is 11.8 Å². The summed E-state index contributed by atoms with van der Waals surface area (Å²) in [5.74, 6) is -0.543. The van der Waals surface area contributed by atoms with E-state index in [4.69, 9.17) is 13.8 Å². The molecule has 0 spiro atoms. The molecule has 1 saturated heterocycles. The normalized spacial score (nSPS) is 22.6. The molecule has 3 heterocycles. The Balaban J connectivity index is 1.64. The first kappa shape index (κ1) is 43.3. The summed E-state index contributed by atoms with van der Waals surface area (Å²) < 4.78 is 62.3. The largest absolute Gasteiger partial charge is 0.481 e. The van der Waals surface area contributed by atoms with Crippen LogP contribution in [0, 0.1) is 5.41 Å². The third kappa shape index (κ3) is 12.8. The number of hydrogen-bond donors (Lipinski definition) is 10. The number of nitrogens with zero attached hydrogens (tertiary/aromatic N) is 4. The second-order valence-electron chi connectivity index (χ2n) is 11.7. The van der Waals surface area contributed by atoms with Crippen molar-refractivity contribution < 1.29 is 75.7 Å². The molecular weight excluding hydrogens is 767 g/mol. The first-order chi connectivity index (χ1) is 23.7. The number of amides is 2. The number of nitrogens with one attached hydrogen (secondary N) is 3. The molecule has 3 rings (SSSR count). The van der Waals surface area contributed by atoms with Crippen molar-refractivity contribution in [3.8, 4) is 0 Å². The maximum Gasteiger partial charge on any atom is 0.481 e. The third-order valence-electron chi connectivity index (χ3n) is 7.03. The second-order valence-corrected chi connectivity index (χ2v) is 16.4. The van der Waals surface area contributed by atoms with Gasteiger partial charge >= 0.3 is 23.5 Å². The van der Waals surface area contributed by atoms with Crippen molar-refractivity contribution in [2.75, 3.05) is 43.9 Å². The smallest absolute Gasteiger partial charge is 0.386 e. The lowest BCUT2D eigenvalue weighted by Gasteiger charge is -2.30. The number of anilines is 1. The van der Waals surface area contributed by atoms with Gasteiger partial charge in [-0.3, -0.25) is 27.7 Å². The summed E-state index contributed by atoms with van der Waals surface area (Å²) in [6, 6.07) is 0. The van der Waals surface area contributed by atoms with Gasteiger partial charge in [-0.1, -0.05) is 20.8 Å². The highest BCUT2D eigenvalue weighted by atomic mass is 32.1. The number of phosphoric ester groups is 3. The molecule has 1 aliphatic heterocycles. The molecule has 0 aliphatic carbocycles. The molecule has 0 bridgehead atoms. The average molecular weight is 810 g/mol. The van der Waals surface area contributed by atoms with Crippen molar-refractivity contribution >= 4 is 64.9 Å². The van der Waals surface area contributed by atoms with Gasteiger partial charge in [-0.15, -0.1) is 0 Å². The number of ether oxygens (including phenoxy) is 1. The lowest BCUT2D eigenvalue weighted by molar-refractivity contribution is -0.137. The van der Waals surface area contributed by atoms with E-state index in [1.165, 1.54) is 31.1 Å². The molecule has 9 N–H and O–H groups in total. The van der Waals surface area contributed by atoms with Crippen LogP contribution in [0.2, 0.25) is 0 Å². The molecule has 0 saturated carbocycles. The van der Waals surface area contributed by atoms with Crippen LogP contribution < -0.4 is 16.0 Å². The van der Waals surface area contributed by atoms with E-state index >= 15 is 0 Å². The minimum Gasteiger partial charge on any atom is -0.386 e. The van der Waals surface area contributed by atoms with E-state index in [0.717, 1.165) is 6.42 Å². The van der Waals surface area contributed by atoms with E-state index in [2.05, 4.69) is 52.4 Å². The highest BCUT2D eigenvalue weighted by molar-refractivity contribution is 7.80. The van der Waals surface area contributed by atoms with Gasteiger partial charge in [0.05, 0.1) is 19.5 Å². The summed E-state index contributed by atoms with van der Waals surface area (Å²) in [4.78, 5) is 75.7.